The highest BCUT2D eigenvalue weighted by Crippen LogP contribution is 2.22. The number of hydrazone groups is 1. The summed E-state index contributed by atoms with van der Waals surface area (Å²) in [6, 6.07) is 19.9. The third-order valence-electron chi connectivity index (χ3n) is 4.83. The predicted octanol–water partition coefficient (Wildman–Crippen LogP) is 4.14. The highest BCUT2D eigenvalue weighted by Gasteiger charge is 2.23. The van der Waals surface area contributed by atoms with E-state index in [4.69, 9.17) is 9.84 Å². The van der Waals surface area contributed by atoms with Crippen LogP contribution in [-0.4, -0.2) is 43.3 Å². The van der Waals surface area contributed by atoms with E-state index in [1.165, 1.54) is 0 Å². The number of rotatable bonds is 8. The van der Waals surface area contributed by atoms with Crippen molar-refractivity contribution in [3.05, 3.63) is 71.8 Å². The Labute approximate surface area is 155 Å². The SMILES string of the molecule is COC[C@@H]1CCCN1/N=C/[C@H](CC(=O)c1ccccc1)c1ccccc1. The van der Waals surface area contributed by atoms with E-state index in [1.54, 1.807) is 7.11 Å². The summed E-state index contributed by atoms with van der Waals surface area (Å²) in [5.74, 6) is 0.105. The van der Waals surface area contributed by atoms with Gasteiger partial charge in [0.1, 0.15) is 0 Å². The lowest BCUT2D eigenvalue weighted by Crippen LogP contribution is -2.28. The van der Waals surface area contributed by atoms with E-state index in [0.29, 0.717) is 19.1 Å². The number of nitrogens with zero attached hydrogens (tertiary/aromatic N) is 2. The minimum absolute atomic E-state index is 0.0345. The molecule has 0 bridgehead atoms. The van der Waals surface area contributed by atoms with Gasteiger partial charge in [0.05, 0.1) is 12.6 Å². The molecule has 136 valence electrons. The van der Waals surface area contributed by atoms with E-state index in [1.807, 2.05) is 54.7 Å². The highest BCUT2D eigenvalue weighted by molar-refractivity contribution is 5.98. The molecule has 0 N–H and O–H groups in total. The van der Waals surface area contributed by atoms with Crippen LogP contribution in [0.25, 0.3) is 0 Å². The fraction of sp³-hybridized carbons (Fsp3) is 0.364. The molecule has 2 atom stereocenters. The van der Waals surface area contributed by atoms with E-state index in [0.717, 1.165) is 30.5 Å². The van der Waals surface area contributed by atoms with Crippen LogP contribution in [0, 0.1) is 0 Å². The molecule has 1 aliphatic rings. The Balaban J connectivity index is 1.76. The standard InChI is InChI=1S/C22H26N2O2/c1-26-17-21-13-8-14-24(21)23-16-20(18-9-4-2-5-10-18)15-22(25)19-11-6-3-7-12-19/h2-7,9-12,16,20-21H,8,13-15,17H2,1H3/b23-16+/t20-,21-/m0/s1. The Bertz CT molecular complexity index is 715. The number of ketones is 1. The predicted molar refractivity (Wildman–Crippen MR) is 105 cm³/mol. The van der Waals surface area contributed by atoms with Crippen molar-refractivity contribution >= 4 is 12.0 Å². The van der Waals surface area contributed by atoms with Gasteiger partial charge >= 0.3 is 0 Å². The van der Waals surface area contributed by atoms with E-state index >= 15 is 0 Å². The fourth-order valence-electron chi connectivity index (χ4n) is 3.40. The van der Waals surface area contributed by atoms with Crippen LogP contribution in [0.4, 0.5) is 0 Å². The molecule has 1 fully saturated rings. The van der Waals surface area contributed by atoms with Gasteiger partial charge in [-0.3, -0.25) is 9.80 Å². The zero-order valence-electron chi connectivity index (χ0n) is 15.3. The van der Waals surface area contributed by atoms with Crippen molar-refractivity contribution in [2.75, 3.05) is 20.3 Å². The van der Waals surface area contributed by atoms with Gasteiger partial charge in [-0.05, 0) is 18.4 Å². The van der Waals surface area contributed by atoms with Crippen molar-refractivity contribution in [3.63, 3.8) is 0 Å². The van der Waals surface area contributed by atoms with Crippen molar-refractivity contribution in [1.29, 1.82) is 0 Å². The van der Waals surface area contributed by atoms with Gasteiger partial charge < -0.3 is 4.74 Å². The van der Waals surface area contributed by atoms with Crippen LogP contribution in [0.15, 0.2) is 65.8 Å². The zero-order chi connectivity index (χ0) is 18.2. The first kappa shape index (κ1) is 18.3. The van der Waals surface area contributed by atoms with E-state index < -0.39 is 0 Å². The third kappa shape index (κ3) is 4.79. The topological polar surface area (TPSA) is 41.9 Å². The molecule has 0 amide bonds. The molecular formula is C22H26N2O2. The van der Waals surface area contributed by atoms with Crippen molar-refractivity contribution in [2.24, 2.45) is 5.10 Å². The molecule has 0 saturated carbocycles. The zero-order valence-corrected chi connectivity index (χ0v) is 15.3. The lowest BCUT2D eigenvalue weighted by Gasteiger charge is -2.21. The molecule has 0 aromatic heterocycles. The molecule has 4 nitrogen and oxygen atoms in total. The van der Waals surface area contributed by atoms with Crippen LogP contribution in [0.5, 0.6) is 0 Å². The minimum atomic E-state index is -0.0345. The second-order valence-corrected chi connectivity index (χ2v) is 6.69. The van der Waals surface area contributed by atoms with Crippen LogP contribution in [0.1, 0.15) is 41.1 Å². The summed E-state index contributed by atoms with van der Waals surface area (Å²) >= 11 is 0. The average Bonchev–Trinajstić information content (AvgIpc) is 3.14. The van der Waals surface area contributed by atoms with Gasteiger partial charge in [-0.2, -0.15) is 5.10 Å². The molecule has 3 rings (SSSR count). The molecule has 2 aromatic carbocycles. The molecule has 1 heterocycles. The summed E-state index contributed by atoms with van der Waals surface area (Å²) in [4.78, 5) is 12.7. The van der Waals surface area contributed by atoms with Crippen molar-refractivity contribution in [3.8, 4) is 0 Å². The summed E-state index contributed by atoms with van der Waals surface area (Å²) in [5, 5.41) is 6.83. The molecule has 0 spiro atoms. The van der Waals surface area contributed by atoms with Crippen molar-refractivity contribution in [2.45, 2.75) is 31.2 Å². The Kier molecular flexibility index (Phi) is 6.56. The molecule has 0 unspecified atom stereocenters. The molecule has 4 heteroatoms. The molecule has 0 radical (unpaired) electrons. The van der Waals surface area contributed by atoms with Gasteiger partial charge in [0.25, 0.3) is 0 Å². The first-order valence-corrected chi connectivity index (χ1v) is 9.21. The van der Waals surface area contributed by atoms with Crippen LogP contribution < -0.4 is 0 Å². The van der Waals surface area contributed by atoms with Crippen LogP contribution in [0.3, 0.4) is 0 Å². The number of hydrogen-bond donors (Lipinski definition) is 0. The number of carbonyl (C=O) groups is 1. The second kappa shape index (κ2) is 9.30. The minimum Gasteiger partial charge on any atom is -0.382 e. The quantitative estimate of drug-likeness (QED) is 0.531. The number of Topliss-reactive ketones (excluding diaryl/α,β-unsaturated/α-hetero) is 1. The van der Waals surface area contributed by atoms with Crippen LogP contribution >= 0.6 is 0 Å². The van der Waals surface area contributed by atoms with Gasteiger partial charge in [-0.15, -0.1) is 0 Å². The maximum atomic E-state index is 12.7. The smallest absolute Gasteiger partial charge is 0.163 e. The van der Waals surface area contributed by atoms with Gasteiger partial charge in [0, 0.05) is 37.8 Å². The Morgan fingerprint density at radius 3 is 2.58 bits per heavy atom. The summed E-state index contributed by atoms with van der Waals surface area (Å²) in [6.45, 7) is 1.63. The Morgan fingerprint density at radius 1 is 1.19 bits per heavy atom. The number of hydrogen-bond acceptors (Lipinski definition) is 4. The number of benzene rings is 2. The molecular weight excluding hydrogens is 324 g/mol. The average molecular weight is 350 g/mol. The first-order chi connectivity index (χ1) is 12.8. The third-order valence-corrected chi connectivity index (χ3v) is 4.83. The second-order valence-electron chi connectivity index (χ2n) is 6.69. The van der Waals surface area contributed by atoms with E-state index in [-0.39, 0.29) is 11.7 Å². The lowest BCUT2D eigenvalue weighted by molar-refractivity contribution is 0.0979. The van der Waals surface area contributed by atoms with Gasteiger partial charge in [0.15, 0.2) is 5.78 Å². The Hall–Kier alpha value is -2.46. The summed E-state index contributed by atoms with van der Waals surface area (Å²) in [7, 11) is 1.73. The van der Waals surface area contributed by atoms with Gasteiger partial charge in [-0.1, -0.05) is 60.7 Å². The summed E-state index contributed by atoms with van der Waals surface area (Å²) < 4.78 is 5.30. The van der Waals surface area contributed by atoms with Crippen molar-refractivity contribution in [1.82, 2.24) is 5.01 Å². The Morgan fingerprint density at radius 2 is 1.88 bits per heavy atom. The van der Waals surface area contributed by atoms with Gasteiger partial charge in [0.2, 0.25) is 0 Å². The number of methoxy groups -OCH3 is 1. The van der Waals surface area contributed by atoms with Crippen molar-refractivity contribution < 1.29 is 9.53 Å². The summed E-state index contributed by atoms with van der Waals surface area (Å²) in [6.07, 6.45) is 4.58. The maximum absolute atomic E-state index is 12.7. The summed E-state index contributed by atoms with van der Waals surface area (Å²) in [5.41, 5.74) is 1.86. The maximum Gasteiger partial charge on any atom is 0.163 e. The highest BCUT2D eigenvalue weighted by atomic mass is 16.5. The van der Waals surface area contributed by atoms with Gasteiger partial charge in [-0.25, -0.2) is 0 Å². The molecule has 2 aromatic rings. The normalized spacial score (nSPS) is 18.3. The van der Waals surface area contributed by atoms with Crippen LogP contribution in [-0.2, 0) is 4.74 Å². The fourth-order valence-corrected chi connectivity index (χ4v) is 3.40. The molecule has 26 heavy (non-hydrogen) atoms. The first-order valence-electron chi connectivity index (χ1n) is 9.21. The molecule has 0 aliphatic carbocycles. The van der Waals surface area contributed by atoms with E-state index in [9.17, 15) is 4.79 Å². The van der Waals surface area contributed by atoms with Crippen LogP contribution in [0.2, 0.25) is 0 Å². The number of carbonyl (C=O) groups excluding carboxylic acids is 1. The lowest BCUT2D eigenvalue weighted by atomic mass is 9.92. The van der Waals surface area contributed by atoms with E-state index in [2.05, 4.69) is 17.1 Å². The number of ether oxygens (including phenoxy) is 1. The monoisotopic (exact) mass is 350 g/mol. The largest absolute Gasteiger partial charge is 0.382 e. The molecule has 1 aliphatic heterocycles. The molecule has 1 saturated heterocycles.